The fraction of sp³-hybridized carbons (Fsp3) is 0. The van der Waals surface area contributed by atoms with Crippen molar-refractivity contribution in [1.82, 2.24) is 13.5 Å². The third-order valence-electron chi connectivity index (χ3n) is 11.5. The van der Waals surface area contributed by atoms with Gasteiger partial charge in [0.2, 0.25) is 0 Å². The second-order valence-electron chi connectivity index (χ2n) is 14.0. The van der Waals surface area contributed by atoms with Crippen molar-refractivity contribution in [3.63, 3.8) is 0 Å². The summed E-state index contributed by atoms with van der Waals surface area (Å²) in [5, 5.41) is 31.7. The first-order chi connectivity index (χ1) is 26.2. The molecule has 4 aromatic heterocycles. The van der Waals surface area contributed by atoms with Gasteiger partial charge in [0, 0.05) is 54.2 Å². The molecule has 0 saturated heterocycles. The lowest BCUT2D eigenvalue weighted by Crippen LogP contribution is -2.20. The van der Waals surface area contributed by atoms with E-state index in [1.165, 1.54) is 48.9 Å². The number of benzene rings is 8. The zero-order valence-electron chi connectivity index (χ0n) is 28.4. The molecule has 12 aromatic rings. The molecule has 2 N–H and O–H groups in total. The minimum absolute atomic E-state index is 0.337. The van der Waals surface area contributed by atoms with Crippen molar-refractivity contribution in [3.8, 4) is 0 Å². The highest BCUT2D eigenvalue weighted by molar-refractivity contribution is 6.39. The van der Waals surface area contributed by atoms with Crippen LogP contribution >= 0.6 is 0 Å². The van der Waals surface area contributed by atoms with E-state index in [9.17, 15) is 10.8 Å². The van der Waals surface area contributed by atoms with Gasteiger partial charge in [0.05, 0.1) is 38.6 Å². The maximum absolute atomic E-state index is 10.1. The molecule has 0 saturated carbocycles. The molecule has 4 heterocycles. The minimum atomic E-state index is 0.337. The Hall–Kier alpha value is -7.24. The molecule has 12 rings (SSSR count). The molecular weight excluding hydrogens is 647 g/mol. The summed E-state index contributed by atoms with van der Waals surface area (Å²) in [6.45, 7) is 0. The van der Waals surface area contributed by atoms with E-state index in [-0.39, 0.29) is 0 Å². The summed E-state index contributed by atoms with van der Waals surface area (Å²) >= 11 is 0. The smallest absolute Gasteiger partial charge is 0.138 e. The third-order valence-corrected chi connectivity index (χ3v) is 11.5. The number of aromatic nitrogens is 3. The van der Waals surface area contributed by atoms with Crippen LogP contribution in [-0.2, 0) is 0 Å². The van der Waals surface area contributed by atoms with Crippen LogP contribution in [0.2, 0.25) is 0 Å². The molecule has 0 atom stereocenters. The number of nitrogens with zero attached hydrogens (tertiary/aromatic N) is 3. The van der Waals surface area contributed by atoms with E-state index < -0.39 is 0 Å². The van der Waals surface area contributed by atoms with Crippen molar-refractivity contribution in [2.24, 2.45) is 0 Å². The van der Waals surface area contributed by atoms with Crippen molar-refractivity contribution >= 4 is 104 Å². The zero-order valence-corrected chi connectivity index (χ0v) is 28.4. The SMILES string of the molecule is N=C(c1ccccc1C(=N)n1c2ccccc2c2c3c4c5ccccc5ccc4n4c5ccccc5c(cc21)c34)n1c2ccccc2c2ccccc21. The Labute approximate surface area is 302 Å². The van der Waals surface area contributed by atoms with Crippen molar-refractivity contribution in [1.29, 1.82) is 10.8 Å². The van der Waals surface area contributed by atoms with E-state index in [0.717, 1.165) is 43.6 Å². The van der Waals surface area contributed by atoms with Gasteiger partial charge in [-0.1, -0.05) is 127 Å². The van der Waals surface area contributed by atoms with Crippen LogP contribution in [0.4, 0.5) is 0 Å². The second kappa shape index (κ2) is 10.2. The number of hydrogen-bond donors (Lipinski definition) is 2. The highest BCUT2D eigenvalue weighted by atomic mass is 15.1. The Balaban J connectivity index is 1.20. The fourth-order valence-corrected chi connectivity index (χ4v) is 9.32. The van der Waals surface area contributed by atoms with E-state index >= 15 is 0 Å². The number of hydrogen-bond acceptors (Lipinski definition) is 2. The second-order valence-corrected chi connectivity index (χ2v) is 14.0. The lowest BCUT2D eigenvalue weighted by atomic mass is 9.98. The lowest BCUT2D eigenvalue weighted by Gasteiger charge is -2.16. The maximum atomic E-state index is 10.1. The van der Waals surface area contributed by atoms with Crippen LogP contribution in [0.15, 0.2) is 164 Å². The maximum Gasteiger partial charge on any atom is 0.138 e. The first-order valence-electron chi connectivity index (χ1n) is 18.0. The zero-order chi connectivity index (χ0) is 34.9. The molecule has 8 aromatic carbocycles. The first kappa shape index (κ1) is 28.5. The third kappa shape index (κ3) is 3.55. The van der Waals surface area contributed by atoms with Gasteiger partial charge in [-0.05, 0) is 47.2 Å². The molecule has 0 fully saturated rings. The standard InChI is InChI=1S/C48H29N5/c49-47(52-38-22-10-5-15-30(38)31-16-6-11-23-39(31)52)33-18-3-4-19-34(33)48(50)53-40-24-12-8-20-35(40)44-42(53)27-36-32-17-7-9-21-37(32)51-41-26-25-28-13-1-2-14-29(28)43(41)45(44)46(36)51/h1-27,49-50H. The van der Waals surface area contributed by atoms with Crippen LogP contribution in [0, 0.1) is 10.8 Å². The molecule has 0 unspecified atom stereocenters. The summed E-state index contributed by atoms with van der Waals surface area (Å²) < 4.78 is 6.60. The van der Waals surface area contributed by atoms with E-state index in [1.807, 2.05) is 41.0 Å². The van der Waals surface area contributed by atoms with Gasteiger partial charge in [0.15, 0.2) is 0 Å². The summed E-state index contributed by atoms with van der Waals surface area (Å²) in [5.74, 6) is 0.678. The Morgan fingerprint density at radius 3 is 1.43 bits per heavy atom. The fourth-order valence-electron chi connectivity index (χ4n) is 9.32. The van der Waals surface area contributed by atoms with Crippen LogP contribution < -0.4 is 0 Å². The Kier molecular flexibility index (Phi) is 5.47. The van der Waals surface area contributed by atoms with Crippen molar-refractivity contribution < 1.29 is 0 Å². The quantitative estimate of drug-likeness (QED) is 0.135. The van der Waals surface area contributed by atoms with Crippen LogP contribution in [0.25, 0.3) is 92.5 Å². The van der Waals surface area contributed by atoms with Crippen LogP contribution in [-0.4, -0.2) is 25.2 Å². The predicted octanol–water partition coefficient (Wildman–Crippen LogP) is 12.0. The topological polar surface area (TPSA) is 62.0 Å². The van der Waals surface area contributed by atoms with Gasteiger partial charge in [-0.2, -0.15) is 0 Å². The number of para-hydroxylation sites is 4. The number of rotatable bonds is 2. The van der Waals surface area contributed by atoms with Crippen molar-refractivity contribution in [3.05, 3.63) is 175 Å². The van der Waals surface area contributed by atoms with Crippen molar-refractivity contribution in [2.75, 3.05) is 0 Å². The first-order valence-corrected chi connectivity index (χ1v) is 18.0. The van der Waals surface area contributed by atoms with Gasteiger partial charge in [-0.15, -0.1) is 0 Å². The highest BCUT2D eigenvalue weighted by Gasteiger charge is 2.27. The van der Waals surface area contributed by atoms with Crippen molar-refractivity contribution in [2.45, 2.75) is 0 Å². The molecule has 246 valence electrons. The van der Waals surface area contributed by atoms with E-state index in [4.69, 9.17) is 0 Å². The summed E-state index contributed by atoms with van der Waals surface area (Å²) in [6, 6.07) is 57.2. The molecule has 0 radical (unpaired) electrons. The van der Waals surface area contributed by atoms with E-state index in [0.29, 0.717) is 22.8 Å². The molecule has 5 nitrogen and oxygen atoms in total. The summed E-state index contributed by atoms with van der Waals surface area (Å²) in [4.78, 5) is 0. The Bertz CT molecular complexity index is 3500. The highest BCUT2D eigenvalue weighted by Crippen LogP contribution is 2.47. The molecule has 5 heteroatoms. The summed E-state index contributed by atoms with van der Waals surface area (Å²) in [5.41, 5.74) is 8.90. The van der Waals surface area contributed by atoms with Gasteiger partial charge in [-0.3, -0.25) is 20.0 Å². The molecule has 0 aliphatic rings. The summed E-state index contributed by atoms with van der Waals surface area (Å²) in [6.07, 6.45) is 0. The molecule has 0 aliphatic heterocycles. The van der Waals surface area contributed by atoms with Gasteiger partial charge in [-0.25, -0.2) is 0 Å². The number of nitrogens with one attached hydrogen (secondary N) is 2. The van der Waals surface area contributed by atoms with Crippen LogP contribution in [0.3, 0.4) is 0 Å². The van der Waals surface area contributed by atoms with Gasteiger partial charge >= 0.3 is 0 Å². The summed E-state index contributed by atoms with van der Waals surface area (Å²) in [7, 11) is 0. The normalized spacial score (nSPS) is 12.3. The molecule has 53 heavy (non-hydrogen) atoms. The van der Waals surface area contributed by atoms with Gasteiger partial charge in [0.1, 0.15) is 11.7 Å². The lowest BCUT2D eigenvalue weighted by molar-refractivity contribution is 1.19. The molecule has 0 aliphatic carbocycles. The monoisotopic (exact) mass is 675 g/mol. The molecule has 0 amide bonds. The Morgan fingerprint density at radius 1 is 0.340 bits per heavy atom. The van der Waals surface area contributed by atoms with Gasteiger partial charge in [0.25, 0.3) is 0 Å². The molecule has 0 bridgehead atoms. The number of fused-ring (bicyclic) bond motifs is 15. The minimum Gasteiger partial charge on any atom is -0.308 e. The van der Waals surface area contributed by atoms with Crippen LogP contribution in [0.1, 0.15) is 11.1 Å². The van der Waals surface area contributed by atoms with E-state index in [2.05, 4.69) is 136 Å². The molecular formula is C48H29N5. The van der Waals surface area contributed by atoms with Crippen LogP contribution in [0.5, 0.6) is 0 Å². The predicted molar refractivity (Wildman–Crippen MR) is 222 cm³/mol. The Morgan fingerprint density at radius 2 is 0.792 bits per heavy atom. The van der Waals surface area contributed by atoms with Gasteiger partial charge < -0.3 is 4.40 Å². The van der Waals surface area contributed by atoms with E-state index in [1.54, 1.807) is 0 Å². The average Bonchev–Trinajstić information content (AvgIpc) is 3.94. The average molecular weight is 676 g/mol. The largest absolute Gasteiger partial charge is 0.308 e. The molecule has 0 spiro atoms.